The average Bonchev–Trinajstić information content (AvgIpc) is 3.47. The predicted octanol–water partition coefficient (Wildman–Crippen LogP) is 1.16. The number of pyridine rings is 1. The van der Waals surface area contributed by atoms with Crippen LogP contribution in [0, 0.1) is 0 Å². The van der Waals surface area contributed by atoms with Gasteiger partial charge in [-0.05, 0) is 57.9 Å². The molecule has 0 amide bonds. The van der Waals surface area contributed by atoms with Crippen molar-refractivity contribution >= 4 is 27.2 Å². The molecule has 2 saturated heterocycles. The molecule has 0 radical (unpaired) electrons. The molecule has 1 saturated carbocycles. The third kappa shape index (κ3) is 5.21. The van der Waals surface area contributed by atoms with E-state index in [1.165, 1.54) is 10.4 Å². The quantitative estimate of drug-likeness (QED) is 0.508. The first-order chi connectivity index (χ1) is 16.7. The Kier molecular flexibility index (Phi) is 6.83. The van der Waals surface area contributed by atoms with E-state index < -0.39 is 15.8 Å². The van der Waals surface area contributed by atoms with Gasteiger partial charge in [-0.1, -0.05) is 0 Å². The van der Waals surface area contributed by atoms with Gasteiger partial charge in [0.05, 0.1) is 17.7 Å². The molecule has 3 aliphatic rings. The molecule has 3 N–H and O–H groups in total. The van der Waals surface area contributed by atoms with Crippen molar-refractivity contribution in [2.45, 2.75) is 75.7 Å². The summed E-state index contributed by atoms with van der Waals surface area (Å²) in [6.07, 6.45) is 6.91. The summed E-state index contributed by atoms with van der Waals surface area (Å²) in [5.74, 6) is 0.396. The maximum atomic E-state index is 12.8. The van der Waals surface area contributed by atoms with Gasteiger partial charge in [0.15, 0.2) is 0 Å². The lowest BCUT2D eigenvalue weighted by atomic mass is 10.00. The van der Waals surface area contributed by atoms with Crippen LogP contribution >= 0.6 is 0 Å². The number of rotatable bonds is 7. The maximum absolute atomic E-state index is 12.8. The summed E-state index contributed by atoms with van der Waals surface area (Å²) in [6.45, 7) is 3.55. The summed E-state index contributed by atoms with van der Waals surface area (Å²) in [5, 5.41) is 14.9. The zero-order valence-corrected chi connectivity index (χ0v) is 20.8. The topological polar surface area (TPSA) is 139 Å². The van der Waals surface area contributed by atoms with Crippen LogP contribution in [0.15, 0.2) is 23.1 Å². The largest absolute Gasteiger partial charge is 0.388 e. The van der Waals surface area contributed by atoms with Crippen molar-refractivity contribution < 1.29 is 18.3 Å². The molecule has 0 aromatic carbocycles. The second kappa shape index (κ2) is 9.74. The van der Waals surface area contributed by atoms with Crippen molar-refractivity contribution in [2.24, 2.45) is 0 Å². The van der Waals surface area contributed by atoms with Crippen LogP contribution in [0.25, 0.3) is 11.0 Å². The van der Waals surface area contributed by atoms with Gasteiger partial charge in [0.2, 0.25) is 5.95 Å². The molecular formula is C23H34N6O5S. The molecule has 11 nitrogen and oxygen atoms in total. The van der Waals surface area contributed by atoms with Crippen molar-refractivity contribution in [1.29, 1.82) is 0 Å². The van der Waals surface area contributed by atoms with Crippen molar-refractivity contribution in [3.05, 3.63) is 28.7 Å². The van der Waals surface area contributed by atoms with Crippen LogP contribution < -0.4 is 15.6 Å². The lowest BCUT2D eigenvalue weighted by Crippen LogP contribution is -2.48. The normalized spacial score (nSPS) is 28.6. The first-order valence-corrected chi connectivity index (χ1v) is 13.9. The van der Waals surface area contributed by atoms with E-state index in [0.717, 1.165) is 24.6 Å². The SMILES string of the molecule is C[C@@]1(O)CCC[C@H]1n1c(=O)ccc2cnc(NC3CCN(S(=O)(=O)NC[C@H]4CCCO4)CC3)nc21. The monoisotopic (exact) mass is 506 g/mol. The number of aromatic nitrogens is 3. The first kappa shape index (κ1) is 24.6. The van der Waals surface area contributed by atoms with Gasteiger partial charge >= 0.3 is 0 Å². The van der Waals surface area contributed by atoms with Crippen LogP contribution in [0.2, 0.25) is 0 Å². The predicted molar refractivity (Wildman–Crippen MR) is 131 cm³/mol. The number of ether oxygens (including phenoxy) is 1. The zero-order chi connectivity index (χ0) is 24.6. The molecule has 35 heavy (non-hydrogen) atoms. The van der Waals surface area contributed by atoms with Gasteiger partial charge in [-0.3, -0.25) is 9.36 Å². The Bertz CT molecular complexity index is 1220. The third-order valence-corrected chi connectivity index (χ3v) is 9.08. The van der Waals surface area contributed by atoms with Crippen LogP contribution in [0.5, 0.6) is 0 Å². The maximum Gasteiger partial charge on any atom is 0.279 e. The Morgan fingerprint density at radius 1 is 1.20 bits per heavy atom. The Hall–Kier alpha value is -2.12. The average molecular weight is 507 g/mol. The summed E-state index contributed by atoms with van der Waals surface area (Å²) in [5.41, 5.74) is -0.656. The molecular weight excluding hydrogens is 472 g/mol. The zero-order valence-electron chi connectivity index (χ0n) is 20.0. The third-order valence-electron chi connectivity index (χ3n) is 7.50. The van der Waals surface area contributed by atoms with E-state index >= 15 is 0 Å². The van der Waals surface area contributed by atoms with Gasteiger partial charge in [-0.25, -0.2) is 4.98 Å². The number of hydrogen-bond donors (Lipinski definition) is 3. The van der Waals surface area contributed by atoms with Crippen LogP contribution in [0.4, 0.5) is 5.95 Å². The highest BCUT2D eigenvalue weighted by Gasteiger charge is 2.39. The lowest BCUT2D eigenvalue weighted by molar-refractivity contribution is 0.0267. The molecule has 3 fully saturated rings. The lowest BCUT2D eigenvalue weighted by Gasteiger charge is -2.32. The summed E-state index contributed by atoms with van der Waals surface area (Å²) < 4.78 is 36.6. The molecule has 0 bridgehead atoms. The number of fused-ring (bicyclic) bond motifs is 1. The number of nitrogens with one attached hydrogen (secondary N) is 2. The Morgan fingerprint density at radius 3 is 2.69 bits per heavy atom. The summed E-state index contributed by atoms with van der Waals surface area (Å²) >= 11 is 0. The van der Waals surface area contributed by atoms with Crippen LogP contribution in [0.1, 0.15) is 57.9 Å². The summed E-state index contributed by atoms with van der Waals surface area (Å²) in [7, 11) is -3.54. The van der Waals surface area contributed by atoms with Crippen LogP contribution in [-0.2, 0) is 14.9 Å². The molecule has 3 atom stereocenters. The highest BCUT2D eigenvalue weighted by molar-refractivity contribution is 7.87. The fraction of sp³-hybridized carbons (Fsp3) is 0.696. The first-order valence-electron chi connectivity index (χ1n) is 12.5. The second-order valence-corrected chi connectivity index (χ2v) is 11.8. The molecule has 4 heterocycles. The van der Waals surface area contributed by atoms with Crippen molar-refractivity contribution in [3.63, 3.8) is 0 Å². The smallest absolute Gasteiger partial charge is 0.279 e. The number of nitrogens with zero attached hydrogens (tertiary/aromatic N) is 4. The van der Waals surface area contributed by atoms with Crippen molar-refractivity contribution in [3.8, 4) is 0 Å². The number of hydrogen-bond acceptors (Lipinski definition) is 8. The molecule has 2 aromatic heterocycles. The van der Waals surface area contributed by atoms with E-state index in [1.54, 1.807) is 23.8 Å². The van der Waals surface area contributed by atoms with Crippen molar-refractivity contribution in [2.75, 3.05) is 31.6 Å². The van der Waals surface area contributed by atoms with Gasteiger partial charge < -0.3 is 15.2 Å². The Labute approximate surface area is 205 Å². The van der Waals surface area contributed by atoms with E-state index in [4.69, 9.17) is 4.74 Å². The molecule has 12 heteroatoms. The molecule has 2 aromatic rings. The van der Waals surface area contributed by atoms with E-state index in [2.05, 4.69) is 20.0 Å². The van der Waals surface area contributed by atoms with E-state index in [9.17, 15) is 18.3 Å². The molecule has 0 unspecified atom stereocenters. The summed E-state index contributed by atoms with van der Waals surface area (Å²) in [4.78, 5) is 21.8. The number of anilines is 1. The highest BCUT2D eigenvalue weighted by atomic mass is 32.2. The fourth-order valence-corrected chi connectivity index (χ4v) is 6.74. The summed E-state index contributed by atoms with van der Waals surface area (Å²) in [6, 6.07) is 2.87. The minimum Gasteiger partial charge on any atom is -0.388 e. The van der Waals surface area contributed by atoms with Gasteiger partial charge in [0.1, 0.15) is 5.65 Å². The van der Waals surface area contributed by atoms with Gasteiger partial charge in [-0.2, -0.15) is 22.4 Å². The van der Waals surface area contributed by atoms with Crippen LogP contribution in [-0.4, -0.2) is 76.4 Å². The second-order valence-electron chi connectivity index (χ2n) is 10.1. The minimum atomic E-state index is -3.54. The molecule has 0 spiro atoms. The van der Waals surface area contributed by atoms with Gasteiger partial charge in [0.25, 0.3) is 15.8 Å². The Balaban J connectivity index is 1.26. The molecule has 2 aliphatic heterocycles. The minimum absolute atomic E-state index is 0.00976. The fourth-order valence-electron chi connectivity index (χ4n) is 5.47. The standard InChI is InChI=1S/C23H34N6O5S/c1-23(31)10-2-5-19(23)29-20(30)7-6-16-14-24-22(27-21(16)29)26-17-8-11-28(12-9-17)35(32,33)25-15-18-4-3-13-34-18/h6-7,14,17-19,25,31H,2-5,8-13,15H2,1H3,(H,24,26,27)/t18-,19-,23-/m1/s1. The van der Waals surface area contributed by atoms with E-state index in [1.807, 2.05) is 0 Å². The molecule has 5 rings (SSSR count). The number of piperidine rings is 1. The molecule has 1 aliphatic carbocycles. The Morgan fingerprint density at radius 2 is 2.00 bits per heavy atom. The van der Waals surface area contributed by atoms with Gasteiger partial charge in [-0.15, -0.1) is 0 Å². The molecule has 192 valence electrons. The van der Waals surface area contributed by atoms with Crippen molar-refractivity contribution in [1.82, 2.24) is 23.6 Å². The number of aliphatic hydroxyl groups is 1. The van der Waals surface area contributed by atoms with E-state index in [0.29, 0.717) is 63.5 Å². The highest BCUT2D eigenvalue weighted by Crippen LogP contribution is 2.39. The van der Waals surface area contributed by atoms with Crippen LogP contribution in [0.3, 0.4) is 0 Å². The van der Waals surface area contributed by atoms with E-state index in [-0.39, 0.29) is 23.7 Å². The van der Waals surface area contributed by atoms with Gasteiger partial charge in [0, 0.05) is 49.9 Å².